The molecule has 1 aliphatic rings. The Morgan fingerprint density at radius 1 is 1.35 bits per heavy atom. The van der Waals surface area contributed by atoms with Gasteiger partial charge in [-0.25, -0.2) is 0 Å². The number of carbonyl (C=O) groups is 1. The molecule has 0 aliphatic carbocycles. The van der Waals surface area contributed by atoms with Crippen molar-refractivity contribution in [1.82, 2.24) is 4.90 Å². The maximum Gasteiger partial charge on any atom is 0.268 e. The summed E-state index contributed by atoms with van der Waals surface area (Å²) in [5.74, 6) is -0.189. The van der Waals surface area contributed by atoms with E-state index in [1.165, 1.54) is 16.9 Å². The van der Waals surface area contributed by atoms with E-state index in [1.54, 1.807) is 0 Å². The molecule has 1 amide bonds. The second kappa shape index (κ2) is 8.66. The Morgan fingerprint density at radius 3 is 2.85 bits per heavy atom. The van der Waals surface area contributed by atoms with Crippen LogP contribution in [0.1, 0.15) is 30.7 Å². The number of thiophene rings is 1. The Kier molecular flexibility index (Phi) is 6.29. The van der Waals surface area contributed by atoms with Crippen molar-refractivity contribution >= 4 is 40.2 Å². The summed E-state index contributed by atoms with van der Waals surface area (Å²) in [4.78, 5) is 21.1. The summed E-state index contributed by atoms with van der Waals surface area (Å²) < 4.78 is 0.695. The molecule has 7 heteroatoms. The molecule has 1 N–H and O–H groups in total. The monoisotopic (exact) mass is 391 g/mol. The molecule has 0 saturated carbocycles. The number of hydrogen-bond donors (Lipinski definition) is 1. The molecule has 1 aromatic carbocycles. The van der Waals surface area contributed by atoms with Crippen molar-refractivity contribution in [2.24, 2.45) is 5.16 Å². The van der Waals surface area contributed by atoms with E-state index in [1.807, 2.05) is 30.3 Å². The molecular formula is C19H22ClN3O2S. The van der Waals surface area contributed by atoms with Crippen LogP contribution in [-0.4, -0.2) is 35.7 Å². The van der Waals surface area contributed by atoms with E-state index in [-0.39, 0.29) is 5.91 Å². The van der Waals surface area contributed by atoms with E-state index < -0.39 is 6.10 Å². The van der Waals surface area contributed by atoms with Crippen molar-refractivity contribution in [3.63, 3.8) is 0 Å². The van der Waals surface area contributed by atoms with Crippen LogP contribution < -0.4 is 5.32 Å². The average molecular weight is 392 g/mol. The zero-order valence-electron chi connectivity index (χ0n) is 14.9. The van der Waals surface area contributed by atoms with E-state index in [4.69, 9.17) is 16.4 Å². The van der Waals surface area contributed by atoms with Crippen LogP contribution in [0.15, 0.2) is 41.6 Å². The van der Waals surface area contributed by atoms with Crippen molar-refractivity contribution in [2.75, 3.05) is 18.4 Å². The highest BCUT2D eigenvalue weighted by Gasteiger charge is 2.29. The lowest BCUT2D eigenvalue weighted by molar-refractivity contribution is -0.125. The summed E-state index contributed by atoms with van der Waals surface area (Å²) in [6, 6.07) is 11.6. The molecule has 0 bridgehead atoms. The molecule has 5 nitrogen and oxygen atoms in total. The highest BCUT2D eigenvalue weighted by Crippen LogP contribution is 2.26. The largest absolute Gasteiger partial charge is 0.382 e. The summed E-state index contributed by atoms with van der Waals surface area (Å²) in [7, 11) is 0. The van der Waals surface area contributed by atoms with Crippen LogP contribution in [0.5, 0.6) is 0 Å². The van der Waals surface area contributed by atoms with Gasteiger partial charge in [0.2, 0.25) is 6.10 Å². The molecule has 3 rings (SSSR count). The molecule has 1 aromatic heterocycles. The minimum Gasteiger partial charge on any atom is -0.382 e. The lowest BCUT2D eigenvalue weighted by Crippen LogP contribution is -2.28. The van der Waals surface area contributed by atoms with Gasteiger partial charge in [0, 0.05) is 18.7 Å². The second-order valence-electron chi connectivity index (χ2n) is 6.09. The average Bonchev–Trinajstić information content (AvgIpc) is 3.29. The zero-order valence-corrected chi connectivity index (χ0v) is 16.4. The molecular weight excluding hydrogens is 370 g/mol. The van der Waals surface area contributed by atoms with Crippen molar-refractivity contribution in [2.45, 2.75) is 32.9 Å². The number of rotatable bonds is 7. The first-order valence-corrected chi connectivity index (χ1v) is 9.89. The van der Waals surface area contributed by atoms with Gasteiger partial charge in [0.1, 0.15) is 5.71 Å². The number of benzene rings is 1. The third-order valence-electron chi connectivity index (χ3n) is 4.31. The van der Waals surface area contributed by atoms with E-state index in [0.29, 0.717) is 10.8 Å². The van der Waals surface area contributed by atoms with E-state index in [0.717, 1.165) is 35.9 Å². The van der Waals surface area contributed by atoms with Crippen molar-refractivity contribution < 1.29 is 9.63 Å². The number of hydrogen-bond acceptors (Lipinski definition) is 5. The highest BCUT2D eigenvalue weighted by atomic mass is 35.5. The molecule has 0 fully saturated rings. The number of amides is 1. The Hall–Kier alpha value is -1.89. The third-order valence-corrected chi connectivity index (χ3v) is 5.59. The van der Waals surface area contributed by atoms with Gasteiger partial charge in [-0.15, -0.1) is 11.3 Å². The SMILES string of the molecule is CCN(CC)Cc1cccc(NC(=O)C2CC(c3ccc(Cl)s3)=NO2)c1. The van der Waals surface area contributed by atoms with Gasteiger partial charge in [-0.2, -0.15) is 0 Å². The summed E-state index contributed by atoms with van der Waals surface area (Å²) >= 11 is 7.39. The fourth-order valence-corrected chi connectivity index (χ4v) is 3.84. The van der Waals surface area contributed by atoms with Crippen LogP contribution in [0.25, 0.3) is 0 Å². The Morgan fingerprint density at radius 2 is 2.15 bits per heavy atom. The summed E-state index contributed by atoms with van der Waals surface area (Å²) in [6.45, 7) is 7.14. The fraction of sp³-hybridized carbons (Fsp3) is 0.368. The van der Waals surface area contributed by atoms with Crippen LogP contribution >= 0.6 is 22.9 Å². The first-order valence-electron chi connectivity index (χ1n) is 8.69. The molecule has 26 heavy (non-hydrogen) atoms. The van der Waals surface area contributed by atoms with Crippen molar-refractivity contribution in [1.29, 1.82) is 0 Å². The number of halogens is 1. The minimum absolute atomic E-state index is 0.189. The zero-order chi connectivity index (χ0) is 18.5. The quantitative estimate of drug-likeness (QED) is 0.762. The third kappa shape index (κ3) is 4.63. The van der Waals surface area contributed by atoms with Gasteiger partial charge in [0.15, 0.2) is 0 Å². The first-order chi connectivity index (χ1) is 12.6. The van der Waals surface area contributed by atoms with E-state index >= 15 is 0 Å². The smallest absolute Gasteiger partial charge is 0.268 e. The summed E-state index contributed by atoms with van der Waals surface area (Å²) in [5.41, 5.74) is 2.71. The van der Waals surface area contributed by atoms with Gasteiger partial charge in [-0.1, -0.05) is 42.7 Å². The molecule has 0 radical (unpaired) electrons. The van der Waals surface area contributed by atoms with Crippen LogP contribution in [0, 0.1) is 0 Å². The molecule has 0 spiro atoms. The summed E-state index contributed by atoms with van der Waals surface area (Å²) in [5, 5.41) is 6.98. The predicted octanol–water partition coefficient (Wildman–Crippen LogP) is 4.38. The van der Waals surface area contributed by atoms with Gasteiger partial charge in [0.25, 0.3) is 5.91 Å². The van der Waals surface area contributed by atoms with Gasteiger partial charge < -0.3 is 10.2 Å². The number of oxime groups is 1. The molecule has 2 aromatic rings. The van der Waals surface area contributed by atoms with Gasteiger partial charge in [-0.05, 0) is 42.9 Å². The number of nitrogens with zero attached hydrogens (tertiary/aromatic N) is 2. The lowest BCUT2D eigenvalue weighted by Gasteiger charge is -2.18. The Bertz CT molecular complexity index is 802. The van der Waals surface area contributed by atoms with Crippen LogP contribution in [0.3, 0.4) is 0 Å². The van der Waals surface area contributed by atoms with E-state index in [2.05, 4.69) is 35.3 Å². The maximum atomic E-state index is 12.5. The number of anilines is 1. The Labute approximate surface area is 162 Å². The van der Waals surface area contributed by atoms with Crippen LogP contribution in [0.4, 0.5) is 5.69 Å². The van der Waals surface area contributed by atoms with Crippen LogP contribution in [-0.2, 0) is 16.2 Å². The molecule has 138 valence electrons. The molecule has 0 saturated heterocycles. The normalized spacial score (nSPS) is 16.5. The first kappa shape index (κ1) is 18.9. The van der Waals surface area contributed by atoms with E-state index in [9.17, 15) is 4.79 Å². The van der Waals surface area contributed by atoms with Crippen LogP contribution in [0.2, 0.25) is 4.34 Å². The fourth-order valence-electron chi connectivity index (χ4n) is 2.81. The highest BCUT2D eigenvalue weighted by molar-refractivity contribution is 7.18. The molecule has 2 heterocycles. The molecule has 1 aliphatic heterocycles. The summed E-state index contributed by atoms with van der Waals surface area (Å²) in [6.07, 6.45) is -0.167. The number of carbonyl (C=O) groups excluding carboxylic acids is 1. The predicted molar refractivity (Wildman–Crippen MR) is 107 cm³/mol. The minimum atomic E-state index is -0.614. The van der Waals surface area contributed by atoms with Gasteiger partial charge >= 0.3 is 0 Å². The number of nitrogens with one attached hydrogen (secondary N) is 1. The maximum absolute atomic E-state index is 12.5. The molecule has 1 atom stereocenters. The van der Waals surface area contributed by atoms with Gasteiger partial charge in [0.05, 0.1) is 9.21 Å². The molecule has 1 unspecified atom stereocenters. The second-order valence-corrected chi connectivity index (χ2v) is 7.81. The van der Waals surface area contributed by atoms with Gasteiger partial charge in [-0.3, -0.25) is 9.69 Å². The Balaban J connectivity index is 1.59. The van der Waals surface area contributed by atoms with Crippen molar-refractivity contribution in [3.8, 4) is 0 Å². The lowest BCUT2D eigenvalue weighted by atomic mass is 10.1. The topological polar surface area (TPSA) is 53.9 Å². The standard InChI is InChI=1S/C19H22ClN3O2S/c1-3-23(4-2)12-13-6-5-7-14(10-13)21-19(24)16-11-15(22-25-16)17-8-9-18(20)26-17/h5-10,16H,3-4,11-12H2,1-2H3,(H,21,24). The van der Waals surface area contributed by atoms with Crippen molar-refractivity contribution in [3.05, 3.63) is 51.2 Å².